The van der Waals surface area contributed by atoms with Gasteiger partial charge in [-0.1, -0.05) is 42.5 Å². The summed E-state index contributed by atoms with van der Waals surface area (Å²) in [6.07, 6.45) is 0.656. The van der Waals surface area contributed by atoms with Crippen molar-refractivity contribution >= 4 is 21.9 Å². The maximum Gasteiger partial charge on any atom is 0.318 e. The van der Waals surface area contributed by atoms with Gasteiger partial charge in [0.2, 0.25) is 15.9 Å². The maximum atomic E-state index is 13.1. The van der Waals surface area contributed by atoms with Gasteiger partial charge < -0.3 is 15.2 Å². The second-order valence-electron chi connectivity index (χ2n) is 8.03. The van der Waals surface area contributed by atoms with E-state index >= 15 is 0 Å². The Morgan fingerprint density at radius 2 is 1.65 bits per heavy atom. The molecule has 0 atom stereocenters. The number of carboxylic acid groups (broad SMARTS) is 1. The average molecular weight is 490 g/mol. The van der Waals surface area contributed by atoms with Crippen LogP contribution in [0.25, 0.3) is 11.1 Å². The Labute approximate surface area is 200 Å². The lowest BCUT2D eigenvalue weighted by molar-refractivity contribution is -0.137. The summed E-state index contributed by atoms with van der Waals surface area (Å²) in [4.78, 5) is 25.8. The smallest absolute Gasteiger partial charge is 0.318 e. The molecule has 184 valence electrons. The summed E-state index contributed by atoms with van der Waals surface area (Å²) in [6, 6.07) is 15.8. The van der Waals surface area contributed by atoms with Gasteiger partial charge >= 0.3 is 5.97 Å². The van der Waals surface area contributed by atoms with E-state index in [2.05, 4.69) is 10.2 Å². The van der Waals surface area contributed by atoms with Crippen molar-refractivity contribution in [1.82, 2.24) is 14.5 Å². The van der Waals surface area contributed by atoms with E-state index in [0.29, 0.717) is 6.54 Å². The van der Waals surface area contributed by atoms with E-state index in [1.54, 1.807) is 12.1 Å². The minimum atomic E-state index is -4.08. The largest absolute Gasteiger partial charge is 0.480 e. The first-order chi connectivity index (χ1) is 16.4. The van der Waals surface area contributed by atoms with Crippen LogP contribution in [0.2, 0.25) is 0 Å². The molecule has 1 aliphatic heterocycles. The molecule has 1 saturated heterocycles. The standard InChI is InChI=1S/C24H31N3O6S/c28-23(25-12-4-13-26-15-17-33-18-16-26)11-14-27(19-24(29)30)34(31,32)22-9-7-21(8-10-22)20-5-2-1-3-6-20/h1-3,5-10H,4,11-19H2,(H,25,28)(H,29,30). The molecule has 1 amide bonds. The van der Waals surface area contributed by atoms with Gasteiger partial charge in [0.15, 0.2) is 0 Å². The molecule has 0 spiro atoms. The number of sulfonamides is 1. The number of carbonyl (C=O) groups excluding carboxylic acids is 1. The van der Waals surface area contributed by atoms with Crippen molar-refractivity contribution in [2.75, 3.05) is 52.5 Å². The van der Waals surface area contributed by atoms with Gasteiger partial charge in [0.05, 0.1) is 18.1 Å². The molecule has 0 aliphatic carbocycles. The number of morpholine rings is 1. The normalized spacial score (nSPS) is 14.7. The van der Waals surface area contributed by atoms with E-state index < -0.39 is 22.5 Å². The summed E-state index contributed by atoms with van der Waals surface area (Å²) in [5, 5.41) is 12.0. The minimum Gasteiger partial charge on any atom is -0.480 e. The number of ether oxygens (including phenoxy) is 1. The fraction of sp³-hybridized carbons (Fsp3) is 0.417. The molecule has 1 aliphatic rings. The lowest BCUT2D eigenvalue weighted by atomic mass is 10.1. The van der Waals surface area contributed by atoms with E-state index in [4.69, 9.17) is 4.74 Å². The Balaban J connectivity index is 1.55. The Kier molecular flexibility index (Phi) is 9.58. The third kappa shape index (κ3) is 7.63. The van der Waals surface area contributed by atoms with Crippen LogP contribution in [0.1, 0.15) is 12.8 Å². The molecule has 0 bridgehead atoms. The molecule has 0 aromatic heterocycles. The Morgan fingerprint density at radius 3 is 2.29 bits per heavy atom. The van der Waals surface area contributed by atoms with Crippen LogP contribution in [0.5, 0.6) is 0 Å². The molecule has 9 nitrogen and oxygen atoms in total. The van der Waals surface area contributed by atoms with Crippen molar-refractivity contribution < 1.29 is 27.9 Å². The highest BCUT2D eigenvalue weighted by atomic mass is 32.2. The first-order valence-electron chi connectivity index (χ1n) is 11.3. The lowest BCUT2D eigenvalue weighted by Crippen LogP contribution is -2.39. The van der Waals surface area contributed by atoms with E-state index in [-0.39, 0.29) is 23.8 Å². The number of rotatable bonds is 12. The molecule has 0 unspecified atom stereocenters. The van der Waals surface area contributed by atoms with Gasteiger partial charge in [-0.15, -0.1) is 0 Å². The highest BCUT2D eigenvalue weighted by molar-refractivity contribution is 7.89. The summed E-state index contributed by atoms with van der Waals surface area (Å²) in [6.45, 7) is 3.58. The van der Waals surface area contributed by atoms with E-state index in [1.165, 1.54) is 12.1 Å². The van der Waals surface area contributed by atoms with Crippen LogP contribution in [-0.4, -0.2) is 87.1 Å². The predicted molar refractivity (Wildman–Crippen MR) is 128 cm³/mol. The molecular weight excluding hydrogens is 458 g/mol. The SMILES string of the molecule is O=C(O)CN(CCC(=O)NCCCN1CCOCC1)S(=O)(=O)c1ccc(-c2ccccc2)cc1. The van der Waals surface area contributed by atoms with Crippen molar-refractivity contribution in [1.29, 1.82) is 0 Å². The third-order valence-corrected chi connectivity index (χ3v) is 7.44. The summed E-state index contributed by atoms with van der Waals surface area (Å²) in [5.41, 5.74) is 1.79. The van der Waals surface area contributed by atoms with Crippen LogP contribution in [0.3, 0.4) is 0 Å². The zero-order valence-corrected chi connectivity index (χ0v) is 19.9. The van der Waals surface area contributed by atoms with Gasteiger partial charge in [-0.25, -0.2) is 8.42 Å². The number of aliphatic carboxylic acids is 1. The zero-order chi connectivity index (χ0) is 24.4. The monoisotopic (exact) mass is 489 g/mol. The number of nitrogens with one attached hydrogen (secondary N) is 1. The predicted octanol–water partition coefficient (Wildman–Crippen LogP) is 1.66. The molecule has 2 aromatic carbocycles. The number of hydrogen-bond acceptors (Lipinski definition) is 6. The molecule has 0 radical (unpaired) electrons. The van der Waals surface area contributed by atoms with Gasteiger partial charge in [0.25, 0.3) is 0 Å². The Hall–Kier alpha value is -2.79. The second-order valence-corrected chi connectivity index (χ2v) is 9.97. The second kappa shape index (κ2) is 12.6. The van der Waals surface area contributed by atoms with E-state index in [0.717, 1.165) is 54.7 Å². The molecule has 0 saturated carbocycles. The number of carbonyl (C=O) groups is 2. The molecule has 2 N–H and O–H groups in total. The fourth-order valence-corrected chi connectivity index (χ4v) is 5.09. The number of carboxylic acids is 1. The van der Waals surface area contributed by atoms with Crippen molar-refractivity contribution in [3.8, 4) is 11.1 Å². The van der Waals surface area contributed by atoms with Crippen LogP contribution < -0.4 is 5.32 Å². The molecule has 2 aromatic rings. The quantitative estimate of drug-likeness (QED) is 0.436. The van der Waals surface area contributed by atoms with Crippen LogP contribution >= 0.6 is 0 Å². The summed E-state index contributed by atoms with van der Waals surface area (Å²) in [5.74, 6) is -1.60. The van der Waals surface area contributed by atoms with Gasteiger partial charge in [-0.2, -0.15) is 4.31 Å². The molecule has 10 heteroatoms. The van der Waals surface area contributed by atoms with Crippen molar-refractivity contribution in [3.05, 3.63) is 54.6 Å². The first-order valence-corrected chi connectivity index (χ1v) is 12.7. The number of hydrogen-bond donors (Lipinski definition) is 2. The third-order valence-electron chi connectivity index (χ3n) is 5.58. The molecule has 1 fully saturated rings. The highest BCUT2D eigenvalue weighted by Gasteiger charge is 2.27. The first kappa shape index (κ1) is 25.8. The molecule has 1 heterocycles. The average Bonchev–Trinajstić information content (AvgIpc) is 2.85. The fourth-order valence-electron chi connectivity index (χ4n) is 3.70. The van der Waals surface area contributed by atoms with Crippen molar-refractivity contribution in [2.24, 2.45) is 0 Å². The zero-order valence-electron chi connectivity index (χ0n) is 19.1. The van der Waals surface area contributed by atoms with Crippen molar-refractivity contribution in [3.63, 3.8) is 0 Å². The summed E-state index contributed by atoms with van der Waals surface area (Å²) >= 11 is 0. The Bertz CT molecular complexity index is 1040. The van der Waals surface area contributed by atoms with Crippen molar-refractivity contribution in [2.45, 2.75) is 17.7 Å². The van der Waals surface area contributed by atoms with Gasteiger partial charge in [-0.05, 0) is 36.2 Å². The van der Waals surface area contributed by atoms with Crippen LogP contribution in [0, 0.1) is 0 Å². The minimum absolute atomic E-state index is 0.0145. The van der Waals surface area contributed by atoms with E-state index in [9.17, 15) is 23.1 Å². The van der Waals surface area contributed by atoms with Gasteiger partial charge in [0.1, 0.15) is 6.54 Å². The highest BCUT2D eigenvalue weighted by Crippen LogP contribution is 2.23. The molecule has 3 rings (SSSR count). The topological polar surface area (TPSA) is 116 Å². The number of amides is 1. The summed E-state index contributed by atoms with van der Waals surface area (Å²) < 4.78 is 32.3. The molecule has 34 heavy (non-hydrogen) atoms. The van der Waals surface area contributed by atoms with Gasteiger partial charge in [-0.3, -0.25) is 14.5 Å². The molecular formula is C24H31N3O6S. The van der Waals surface area contributed by atoms with E-state index in [1.807, 2.05) is 30.3 Å². The lowest BCUT2D eigenvalue weighted by Gasteiger charge is -2.26. The van der Waals surface area contributed by atoms with Crippen LogP contribution in [-0.2, 0) is 24.3 Å². The van der Waals surface area contributed by atoms with Crippen LogP contribution in [0.15, 0.2) is 59.5 Å². The van der Waals surface area contributed by atoms with Gasteiger partial charge in [0, 0.05) is 32.6 Å². The number of nitrogens with zero attached hydrogens (tertiary/aromatic N) is 2. The van der Waals surface area contributed by atoms with Crippen LogP contribution in [0.4, 0.5) is 0 Å². The number of benzene rings is 2. The Morgan fingerprint density at radius 1 is 1.00 bits per heavy atom. The maximum absolute atomic E-state index is 13.1. The summed E-state index contributed by atoms with van der Waals surface area (Å²) in [7, 11) is -4.08.